The average Bonchev–Trinajstić information content (AvgIpc) is 3.37. The first-order chi connectivity index (χ1) is 13.6. The van der Waals surface area contributed by atoms with Crippen LogP contribution in [0.25, 0.3) is 11.5 Å². The van der Waals surface area contributed by atoms with Crippen LogP contribution in [0.3, 0.4) is 0 Å². The smallest absolute Gasteiger partial charge is 0.257 e. The lowest BCUT2D eigenvalue weighted by molar-refractivity contribution is 0.102. The number of hydrogen-bond donors (Lipinski definition) is 1. The van der Waals surface area contributed by atoms with Gasteiger partial charge in [0.1, 0.15) is 11.5 Å². The lowest BCUT2D eigenvalue weighted by atomic mass is 10.0. The molecule has 0 saturated carbocycles. The molecule has 2 aromatic carbocycles. The molecular weight excluding hydrogens is 372 g/mol. The molecule has 6 heteroatoms. The number of carbonyl (C=O) groups is 2. The number of aryl methyl sites for hydroxylation is 1. The highest BCUT2D eigenvalue weighted by Crippen LogP contribution is 2.26. The van der Waals surface area contributed by atoms with Gasteiger partial charge in [-0.2, -0.15) is 0 Å². The molecule has 0 aliphatic rings. The summed E-state index contributed by atoms with van der Waals surface area (Å²) in [6, 6.07) is 19.3. The van der Waals surface area contributed by atoms with Crippen molar-refractivity contribution in [2.24, 2.45) is 0 Å². The van der Waals surface area contributed by atoms with Gasteiger partial charge in [0.2, 0.25) is 0 Å². The molecule has 2 heterocycles. The van der Waals surface area contributed by atoms with Crippen molar-refractivity contribution >= 4 is 28.2 Å². The summed E-state index contributed by atoms with van der Waals surface area (Å²) < 4.78 is 5.54. The Morgan fingerprint density at radius 2 is 1.57 bits per heavy atom. The van der Waals surface area contributed by atoms with Crippen molar-refractivity contribution < 1.29 is 14.0 Å². The summed E-state index contributed by atoms with van der Waals surface area (Å²) in [6.45, 7) is 1.87. The van der Waals surface area contributed by atoms with Crippen molar-refractivity contribution in [2.75, 3.05) is 5.32 Å². The molecule has 0 radical (unpaired) electrons. The monoisotopic (exact) mass is 388 g/mol. The number of benzene rings is 2. The Morgan fingerprint density at radius 1 is 0.893 bits per heavy atom. The maximum atomic E-state index is 12.5. The van der Waals surface area contributed by atoms with E-state index in [1.54, 1.807) is 36.4 Å². The molecule has 2 aromatic heterocycles. The Labute approximate surface area is 165 Å². The SMILES string of the molecule is Cc1ccc(-c2csc(NC(=O)c3ccc(C(=O)c4ccccc4)cc3)n2)o1. The van der Waals surface area contributed by atoms with Gasteiger partial charge in [-0.25, -0.2) is 4.98 Å². The van der Waals surface area contributed by atoms with Gasteiger partial charge in [-0.1, -0.05) is 42.5 Å². The van der Waals surface area contributed by atoms with Crippen molar-refractivity contribution in [3.63, 3.8) is 0 Å². The maximum Gasteiger partial charge on any atom is 0.257 e. The van der Waals surface area contributed by atoms with Gasteiger partial charge in [-0.05, 0) is 31.2 Å². The summed E-state index contributed by atoms with van der Waals surface area (Å²) >= 11 is 1.32. The summed E-state index contributed by atoms with van der Waals surface area (Å²) in [5, 5.41) is 5.09. The number of amides is 1. The van der Waals surface area contributed by atoms with Crippen molar-refractivity contribution in [3.05, 3.63) is 94.6 Å². The molecule has 0 saturated heterocycles. The van der Waals surface area contributed by atoms with Crippen molar-refractivity contribution in [3.8, 4) is 11.5 Å². The first-order valence-electron chi connectivity index (χ1n) is 8.63. The van der Waals surface area contributed by atoms with E-state index in [2.05, 4.69) is 10.3 Å². The Bertz CT molecular complexity index is 1130. The minimum absolute atomic E-state index is 0.0779. The number of ketones is 1. The van der Waals surface area contributed by atoms with Crippen LogP contribution in [0.2, 0.25) is 0 Å². The molecule has 138 valence electrons. The Hall–Kier alpha value is -3.51. The molecule has 0 unspecified atom stereocenters. The maximum absolute atomic E-state index is 12.5. The van der Waals surface area contributed by atoms with E-state index in [1.807, 2.05) is 42.6 Å². The number of aromatic nitrogens is 1. The zero-order chi connectivity index (χ0) is 19.5. The summed E-state index contributed by atoms with van der Waals surface area (Å²) in [5.41, 5.74) is 2.28. The van der Waals surface area contributed by atoms with E-state index in [0.29, 0.717) is 33.3 Å². The number of nitrogens with one attached hydrogen (secondary N) is 1. The van der Waals surface area contributed by atoms with E-state index in [1.165, 1.54) is 11.3 Å². The molecule has 5 nitrogen and oxygen atoms in total. The fourth-order valence-electron chi connectivity index (χ4n) is 2.71. The molecule has 0 atom stereocenters. The number of rotatable bonds is 5. The predicted molar refractivity (Wildman–Crippen MR) is 109 cm³/mol. The third-order valence-corrected chi connectivity index (χ3v) is 4.92. The standard InChI is InChI=1S/C22H16N2O3S/c1-14-7-12-19(27-14)18-13-28-22(23-18)24-21(26)17-10-8-16(9-11-17)20(25)15-5-3-2-4-6-15/h2-13H,1H3,(H,23,24,26). The molecule has 0 spiro atoms. The second-order valence-corrected chi connectivity index (χ2v) is 7.03. The first-order valence-corrected chi connectivity index (χ1v) is 9.51. The Kier molecular flexibility index (Phi) is 4.87. The van der Waals surface area contributed by atoms with E-state index >= 15 is 0 Å². The van der Waals surface area contributed by atoms with E-state index in [4.69, 9.17) is 4.42 Å². The molecule has 1 N–H and O–H groups in total. The molecule has 0 aliphatic carbocycles. The summed E-state index contributed by atoms with van der Waals surface area (Å²) in [7, 11) is 0. The van der Waals surface area contributed by atoms with Crippen LogP contribution in [-0.4, -0.2) is 16.7 Å². The van der Waals surface area contributed by atoms with Crippen LogP contribution in [-0.2, 0) is 0 Å². The summed E-state index contributed by atoms with van der Waals surface area (Å²) in [6.07, 6.45) is 0. The third kappa shape index (κ3) is 3.77. The van der Waals surface area contributed by atoms with Crippen molar-refractivity contribution in [1.29, 1.82) is 0 Å². The highest BCUT2D eigenvalue weighted by atomic mass is 32.1. The number of hydrogen-bond acceptors (Lipinski definition) is 5. The van der Waals surface area contributed by atoms with Gasteiger partial charge in [0.25, 0.3) is 5.91 Å². The highest BCUT2D eigenvalue weighted by molar-refractivity contribution is 7.14. The quantitative estimate of drug-likeness (QED) is 0.477. The highest BCUT2D eigenvalue weighted by Gasteiger charge is 2.13. The van der Waals surface area contributed by atoms with Gasteiger partial charge < -0.3 is 4.42 Å². The largest absolute Gasteiger partial charge is 0.460 e. The first kappa shape index (κ1) is 17.9. The predicted octanol–water partition coefficient (Wildman–Crippen LogP) is 5.19. The molecule has 28 heavy (non-hydrogen) atoms. The lowest BCUT2D eigenvalue weighted by Crippen LogP contribution is -2.12. The molecule has 0 bridgehead atoms. The van der Waals surface area contributed by atoms with E-state index in [0.717, 1.165) is 5.76 Å². The zero-order valence-corrected chi connectivity index (χ0v) is 15.8. The molecule has 0 fully saturated rings. The van der Waals surface area contributed by atoms with Crippen LogP contribution in [0.4, 0.5) is 5.13 Å². The molecular formula is C22H16N2O3S. The third-order valence-electron chi connectivity index (χ3n) is 4.16. The Balaban J connectivity index is 1.45. The van der Waals surface area contributed by atoms with Crippen LogP contribution in [0.5, 0.6) is 0 Å². The van der Waals surface area contributed by atoms with E-state index in [-0.39, 0.29) is 11.7 Å². The van der Waals surface area contributed by atoms with Gasteiger partial charge in [0.15, 0.2) is 16.7 Å². The number of furan rings is 1. The van der Waals surface area contributed by atoms with Gasteiger partial charge in [0.05, 0.1) is 0 Å². The minimum atomic E-state index is -0.282. The average molecular weight is 388 g/mol. The van der Waals surface area contributed by atoms with Crippen LogP contribution in [0, 0.1) is 6.92 Å². The van der Waals surface area contributed by atoms with Crippen molar-refractivity contribution in [2.45, 2.75) is 6.92 Å². The summed E-state index contributed by atoms with van der Waals surface area (Å²) in [5.74, 6) is 1.11. The topological polar surface area (TPSA) is 72.2 Å². The fourth-order valence-corrected chi connectivity index (χ4v) is 3.41. The van der Waals surface area contributed by atoms with Crippen LogP contribution < -0.4 is 5.32 Å². The lowest BCUT2D eigenvalue weighted by Gasteiger charge is -2.04. The fraction of sp³-hybridized carbons (Fsp3) is 0.0455. The molecule has 0 aliphatic heterocycles. The molecule has 1 amide bonds. The second-order valence-electron chi connectivity index (χ2n) is 6.17. The van der Waals surface area contributed by atoms with Crippen molar-refractivity contribution in [1.82, 2.24) is 4.98 Å². The zero-order valence-electron chi connectivity index (χ0n) is 15.0. The van der Waals surface area contributed by atoms with E-state index < -0.39 is 0 Å². The van der Waals surface area contributed by atoms with Gasteiger partial charge in [-0.3, -0.25) is 14.9 Å². The van der Waals surface area contributed by atoms with Crippen LogP contribution in [0.1, 0.15) is 32.0 Å². The van der Waals surface area contributed by atoms with Gasteiger partial charge in [0, 0.05) is 22.1 Å². The Morgan fingerprint density at radius 3 is 2.25 bits per heavy atom. The number of nitrogens with zero attached hydrogens (tertiary/aromatic N) is 1. The molecule has 4 rings (SSSR count). The van der Waals surface area contributed by atoms with Crippen LogP contribution in [0.15, 0.2) is 76.5 Å². The number of carbonyl (C=O) groups excluding carboxylic acids is 2. The summed E-state index contributed by atoms with van der Waals surface area (Å²) in [4.78, 5) is 29.3. The van der Waals surface area contributed by atoms with Gasteiger partial charge in [-0.15, -0.1) is 11.3 Å². The van der Waals surface area contributed by atoms with Gasteiger partial charge >= 0.3 is 0 Å². The minimum Gasteiger partial charge on any atom is -0.460 e. The molecule has 4 aromatic rings. The van der Waals surface area contributed by atoms with E-state index in [9.17, 15) is 9.59 Å². The normalized spacial score (nSPS) is 10.6. The van der Waals surface area contributed by atoms with Crippen LogP contribution >= 0.6 is 11.3 Å². The number of anilines is 1. The second kappa shape index (κ2) is 7.62. The number of thiazole rings is 1.